The summed E-state index contributed by atoms with van der Waals surface area (Å²) >= 11 is 0. The Morgan fingerprint density at radius 2 is 1.95 bits per heavy atom. The van der Waals surface area contributed by atoms with Crippen LogP contribution in [0.4, 0.5) is 0 Å². The summed E-state index contributed by atoms with van der Waals surface area (Å²) in [7, 11) is 0. The van der Waals surface area contributed by atoms with Crippen LogP contribution in [0.5, 0.6) is 0 Å². The first-order chi connectivity index (χ1) is 10.1. The Morgan fingerprint density at radius 1 is 1.29 bits per heavy atom. The van der Waals surface area contributed by atoms with E-state index in [1.54, 1.807) is 6.92 Å². The third-order valence-electron chi connectivity index (χ3n) is 4.37. The van der Waals surface area contributed by atoms with Crippen LogP contribution in [0, 0.1) is 0 Å². The van der Waals surface area contributed by atoms with Crippen molar-refractivity contribution in [3.8, 4) is 0 Å². The molecule has 0 aromatic rings. The van der Waals surface area contributed by atoms with Crippen LogP contribution in [-0.4, -0.2) is 59.8 Å². The van der Waals surface area contributed by atoms with E-state index in [-0.39, 0.29) is 18.0 Å². The van der Waals surface area contributed by atoms with Gasteiger partial charge in [0.25, 0.3) is 0 Å². The van der Waals surface area contributed by atoms with Crippen molar-refractivity contribution in [2.45, 2.75) is 63.6 Å². The Morgan fingerprint density at radius 3 is 2.57 bits per heavy atom. The number of piperidine rings is 1. The van der Waals surface area contributed by atoms with Gasteiger partial charge in [-0.3, -0.25) is 14.5 Å². The lowest BCUT2D eigenvalue weighted by Crippen LogP contribution is -2.49. The van der Waals surface area contributed by atoms with E-state index in [1.807, 2.05) is 0 Å². The molecule has 2 atom stereocenters. The molecule has 2 aliphatic heterocycles. The van der Waals surface area contributed by atoms with Crippen LogP contribution in [0.2, 0.25) is 0 Å². The first kappa shape index (κ1) is 16.2. The topological polar surface area (TPSA) is 78.9 Å². The maximum Gasteiger partial charge on any atom is 0.305 e. The summed E-state index contributed by atoms with van der Waals surface area (Å²) in [5.74, 6) is -0.207. The van der Waals surface area contributed by atoms with Gasteiger partial charge in [0.2, 0.25) is 5.91 Å². The van der Waals surface area contributed by atoms with Crippen LogP contribution in [0.3, 0.4) is 0 Å². The molecule has 0 aromatic heterocycles. The van der Waals surface area contributed by atoms with E-state index in [0.29, 0.717) is 44.6 Å². The highest BCUT2D eigenvalue weighted by Gasteiger charge is 2.40. The Balaban J connectivity index is 1.63. The van der Waals surface area contributed by atoms with Crippen molar-refractivity contribution < 1.29 is 19.4 Å². The van der Waals surface area contributed by atoms with Crippen molar-refractivity contribution in [2.75, 3.05) is 19.7 Å². The molecule has 6 nitrogen and oxygen atoms in total. The van der Waals surface area contributed by atoms with Crippen LogP contribution < -0.4 is 5.32 Å². The van der Waals surface area contributed by atoms with Gasteiger partial charge in [0, 0.05) is 25.0 Å². The monoisotopic (exact) mass is 298 g/mol. The van der Waals surface area contributed by atoms with Crippen molar-refractivity contribution in [1.29, 1.82) is 0 Å². The lowest BCUT2D eigenvalue weighted by atomic mass is 10.00. The number of nitrogens with zero attached hydrogens (tertiary/aromatic N) is 1. The lowest BCUT2D eigenvalue weighted by Gasteiger charge is -2.36. The number of esters is 1. The molecule has 120 valence electrons. The number of carbonyl (C=O) groups is 2. The molecule has 0 aliphatic carbocycles. The average molecular weight is 298 g/mol. The molecular weight excluding hydrogens is 272 g/mol. The van der Waals surface area contributed by atoms with Crippen molar-refractivity contribution in [3.05, 3.63) is 0 Å². The van der Waals surface area contributed by atoms with E-state index in [2.05, 4.69) is 10.2 Å². The minimum absolute atomic E-state index is 0.00662. The molecule has 2 aliphatic rings. The second-order valence-electron chi connectivity index (χ2n) is 5.94. The first-order valence-corrected chi connectivity index (χ1v) is 7.96. The summed E-state index contributed by atoms with van der Waals surface area (Å²) < 4.78 is 4.83. The summed E-state index contributed by atoms with van der Waals surface area (Å²) in [4.78, 5) is 25.3. The second-order valence-corrected chi connectivity index (χ2v) is 5.94. The van der Waals surface area contributed by atoms with E-state index in [0.717, 1.165) is 25.7 Å². The highest BCUT2D eigenvalue weighted by atomic mass is 16.5. The van der Waals surface area contributed by atoms with E-state index >= 15 is 0 Å². The number of ether oxygens (including phenoxy) is 1. The number of nitrogens with one attached hydrogen (secondary N) is 1. The zero-order valence-corrected chi connectivity index (χ0v) is 12.7. The summed E-state index contributed by atoms with van der Waals surface area (Å²) in [6.07, 6.45) is 4.48. The van der Waals surface area contributed by atoms with Gasteiger partial charge >= 0.3 is 5.97 Å². The molecule has 2 fully saturated rings. The fourth-order valence-electron chi connectivity index (χ4n) is 3.42. The fraction of sp³-hybridized carbons (Fsp3) is 0.867. The number of aliphatic hydroxyl groups is 1. The van der Waals surface area contributed by atoms with Gasteiger partial charge in [0.05, 0.1) is 19.3 Å². The van der Waals surface area contributed by atoms with Crippen molar-refractivity contribution in [2.24, 2.45) is 0 Å². The van der Waals surface area contributed by atoms with Crippen LogP contribution in [-0.2, 0) is 14.3 Å². The molecule has 0 saturated carbocycles. The maximum absolute atomic E-state index is 12.0. The van der Waals surface area contributed by atoms with Gasteiger partial charge in [-0.05, 0) is 39.0 Å². The third kappa shape index (κ3) is 4.68. The normalized spacial score (nSPS) is 28.4. The van der Waals surface area contributed by atoms with Crippen LogP contribution in [0.25, 0.3) is 0 Å². The molecule has 2 rings (SSSR count). The van der Waals surface area contributed by atoms with Gasteiger partial charge < -0.3 is 15.2 Å². The lowest BCUT2D eigenvalue weighted by molar-refractivity contribution is -0.143. The summed E-state index contributed by atoms with van der Waals surface area (Å²) in [6.45, 7) is 3.09. The molecule has 2 unspecified atom stereocenters. The second kappa shape index (κ2) is 7.75. The Labute approximate surface area is 125 Å². The molecule has 1 amide bonds. The molecule has 2 heterocycles. The standard InChI is InChI=1S/C15H26N2O4/c1-2-21-15(20)4-3-7-16-14(19)10-17-11-5-6-12(17)9-13(18)8-11/h11-13,18H,2-10H2,1H3,(H,16,19). The summed E-state index contributed by atoms with van der Waals surface area (Å²) in [5.41, 5.74) is 0. The number of hydrogen-bond donors (Lipinski definition) is 2. The van der Waals surface area contributed by atoms with Crippen LogP contribution >= 0.6 is 0 Å². The van der Waals surface area contributed by atoms with E-state index in [4.69, 9.17) is 4.74 Å². The van der Waals surface area contributed by atoms with Crippen LogP contribution in [0.15, 0.2) is 0 Å². The van der Waals surface area contributed by atoms with Gasteiger partial charge in [0.15, 0.2) is 0 Å². The van der Waals surface area contributed by atoms with Gasteiger partial charge in [-0.25, -0.2) is 0 Å². The molecule has 21 heavy (non-hydrogen) atoms. The van der Waals surface area contributed by atoms with Gasteiger partial charge in [0.1, 0.15) is 0 Å². The van der Waals surface area contributed by atoms with E-state index in [1.165, 1.54) is 0 Å². The highest BCUT2D eigenvalue weighted by Crippen LogP contribution is 2.35. The smallest absolute Gasteiger partial charge is 0.305 e. The number of rotatable bonds is 7. The summed E-state index contributed by atoms with van der Waals surface area (Å²) in [5, 5.41) is 12.6. The Bertz CT molecular complexity index is 361. The predicted octanol–water partition coefficient (Wildman–Crippen LogP) is 0.434. The van der Waals surface area contributed by atoms with E-state index < -0.39 is 0 Å². The number of fused-ring (bicyclic) bond motifs is 2. The largest absolute Gasteiger partial charge is 0.466 e. The molecule has 6 heteroatoms. The van der Waals surface area contributed by atoms with Gasteiger partial charge in [-0.1, -0.05) is 0 Å². The first-order valence-electron chi connectivity index (χ1n) is 7.96. The van der Waals surface area contributed by atoms with Crippen LogP contribution in [0.1, 0.15) is 45.4 Å². The minimum Gasteiger partial charge on any atom is -0.466 e. The molecule has 0 spiro atoms. The predicted molar refractivity (Wildman–Crippen MR) is 77.6 cm³/mol. The maximum atomic E-state index is 12.0. The number of hydrogen-bond acceptors (Lipinski definition) is 5. The molecule has 2 N–H and O–H groups in total. The number of aliphatic hydroxyl groups excluding tert-OH is 1. The average Bonchev–Trinajstić information content (AvgIpc) is 2.67. The van der Waals surface area contributed by atoms with E-state index in [9.17, 15) is 14.7 Å². The molecular formula is C15H26N2O4. The molecule has 0 radical (unpaired) electrons. The zero-order chi connectivity index (χ0) is 15.2. The quantitative estimate of drug-likeness (QED) is 0.526. The highest BCUT2D eigenvalue weighted by molar-refractivity contribution is 5.78. The Hall–Kier alpha value is -1.14. The number of amides is 1. The third-order valence-corrected chi connectivity index (χ3v) is 4.37. The molecule has 2 bridgehead atoms. The molecule has 0 aromatic carbocycles. The molecule has 2 saturated heterocycles. The Kier molecular flexibility index (Phi) is 5.99. The fourth-order valence-corrected chi connectivity index (χ4v) is 3.42. The van der Waals surface area contributed by atoms with Crippen molar-refractivity contribution in [1.82, 2.24) is 10.2 Å². The zero-order valence-electron chi connectivity index (χ0n) is 12.7. The van der Waals surface area contributed by atoms with Gasteiger partial charge in [-0.15, -0.1) is 0 Å². The number of carbonyl (C=O) groups excluding carboxylic acids is 2. The summed E-state index contributed by atoms with van der Waals surface area (Å²) in [6, 6.07) is 0.702. The minimum atomic E-state index is -0.213. The van der Waals surface area contributed by atoms with Gasteiger partial charge in [-0.2, -0.15) is 0 Å². The SMILES string of the molecule is CCOC(=O)CCCNC(=O)CN1C2CCC1CC(O)C2. The van der Waals surface area contributed by atoms with Crippen molar-refractivity contribution in [3.63, 3.8) is 0 Å². The van der Waals surface area contributed by atoms with Crippen molar-refractivity contribution >= 4 is 11.9 Å².